The van der Waals surface area contributed by atoms with E-state index in [1.165, 1.54) is 0 Å². The molecule has 1 aliphatic carbocycles. The van der Waals surface area contributed by atoms with Gasteiger partial charge in [0.2, 0.25) is 10.0 Å². The standard InChI is InChI=1S/C5H7NO2S/c1-9(7,8)6-5-3-2-4-5/h5-6H,3H2,1H3. The molecule has 0 radical (unpaired) electrons. The van der Waals surface area contributed by atoms with Crippen LogP contribution in [-0.4, -0.2) is 20.7 Å². The fourth-order valence-corrected chi connectivity index (χ4v) is 1.19. The Kier molecular flexibility index (Phi) is 1.47. The third-order valence-corrected chi connectivity index (χ3v) is 1.65. The number of nitrogens with one attached hydrogen (secondary N) is 1. The SMILES string of the molecule is CS(=O)(=O)NC1C#CC1. The Balaban J connectivity index is 2.47. The summed E-state index contributed by atoms with van der Waals surface area (Å²) in [4.78, 5) is 0. The zero-order valence-corrected chi connectivity index (χ0v) is 5.83. The van der Waals surface area contributed by atoms with Crippen molar-refractivity contribution in [1.82, 2.24) is 4.72 Å². The molecule has 9 heavy (non-hydrogen) atoms. The van der Waals surface area contributed by atoms with Crippen molar-refractivity contribution in [2.24, 2.45) is 0 Å². The zero-order valence-electron chi connectivity index (χ0n) is 5.01. The topological polar surface area (TPSA) is 46.2 Å². The molecule has 0 saturated carbocycles. The molecular weight excluding hydrogens is 138 g/mol. The van der Waals surface area contributed by atoms with Crippen molar-refractivity contribution in [2.75, 3.05) is 6.26 Å². The molecule has 0 amide bonds. The van der Waals surface area contributed by atoms with Crippen molar-refractivity contribution in [2.45, 2.75) is 12.5 Å². The van der Waals surface area contributed by atoms with E-state index in [0.29, 0.717) is 6.42 Å². The van der Waals surface area contributed by atoms with Crippen LogP contribution < -0.4 is 4.72 Å². The molecule has 3 nitrogen and oxygen atoms in total. The van der Waals surface area contributed by atoms with E-state index in [0.717, 1.165) is 6.26 Å². The van der Waals surface area contributed by atoms with Crippen LogP contribution in [0, 0.1) is 11.8 Å². The molecule has 1 unspecified atom stereocenters. The van der Waals surface area contributed by atoms with Crippen LogP contribution in [-0.2, 0) is 10.0 Å². The van der Waals surface area contributed by atoms with Gasteiger partial charge < -0.3 is 0 Å². The van der Waals surface area contributed by atoms with Crippen LogP contribution in [0.2, 0.25) is 0 Å². The van der Waals surface area contributed by atoms with Crippen molar-refractivity contribution < 1.29 is 8.42 Å². The summed E-state index contributed by atoms with van der Waals surface area (Å²) >= 11 is 0. The highest BCUT2D eigenvalue weighted by molar-refractivity contribution is 7.88. The lowest BCUT2D eigenvalue weighted by Crippen LogP contribution is -2.35. The molecule has 50 valence electrons. The summed E-state index contributed by atoms with van der Waals surface area (Å²) < 4.78 is 23.3. The average Bonchev–Trinajstić information content (AvgIpc) is 1.53. The lowest BCUT2D eigenvalue weighted by molar-refractivity contribution is 0.578. The molecule has 0 aromatic carbocycles. The van der Waals surface area contributed by atoms with Gasteiger partial charge in [-0.15, -0.1) is 0 Å². The second-order valence-electron chi connectivity index (χ2n) is 1.97. The van der Waals surface area contributed by atoms with Gasteiger partial charge in [0.1, 0.15) is 0 Å². The molecule has 1 rings (SSSR count). The van der Waals surface area contributed by atoms with E-state index in [1.807, 2.05) is 0 Å². The minimum atomic E-state index is -3.04. The summed E-state index contributed by atoms with van der Waals surface area (Å²) in [5, 5.41) is 0. The predicted octanol–water partition coefficient (Wildman–Crippen LogP) is -0.689. The molecule has 1 N–H and O–H groups in total. The Labute approximate surface area is 54.5 Å². The molecule has 0 aliphatic heterocycles. The molecule has 0 aromatic heterocycles. The predicted molar refractivity (Wildman–Crippen MR) is 34.2 cm³/mol. The van der Waals surface area contributed by atoms with E-state index in [9.17, 15) is 8.42 Å². The van der Waals surface area contributed by atoms with Gasteiger partial charge in [0.25, 0.3) is 0 Å². The van der Waals surface area contributed by atoms with Gasteiger partial charge >= 0.3 is 0 Å². The Bertz CT molecular complexity index is 256. The van der Waals surface area contributed by atoms with Crippen molar-refractivity contribution in [3.05, 3.63) is 0 Å². The molecule has 4 heteroatoms. The minimum absolute atomic E-state index is 0.125. The van der Waals surface area contributed by atoms with Crippen LogP contribution in [0.15, 0.2) is 0 Å². The Morgan fingerprint density at radius 1 is 1.67 bits per heavy atom. The molecule has 1 aliphatic rings. The summed E-state index contributed by atoms with van der Waals surface area (Å²) in [6.07, 6.45) is 1.78. The number of rotatable bonds is 2. The van der Waals surface area contributed by atoms with Gasteiger partial charge in [-0.1, -0.05) is 11.8 Å². The van der Waals surface area contributed by atoms with E-state index in [4.69, 9.17) is 0 Å². The van der Waals surface area contributed by atoms with Crippen molar-refractivity contribution in [3.8, 4) is 11.8 Å². The highest BCUT2D eigenvalue weighted by atomic mass is 32.2. The van der Waals surface area contributed by atoms with Gasteiger partial charge in [-0.3, -0.25) is 0 Å². The summed E-state index contributed by atoms with van der Waals surface area (Å²) in [6.45, 7) is 0. The van der Waals surface area contributed by atoms with Gasteiger partial charge in [-0.05, 0) is 0 Å². The largest absolute Gasteiger partial charge is 0.213 e. The van der Waals surface area contributed by atoms with Crippen LogP contribution in [0.1, 0.15) is 6.42 Å². The van der Waals surface area contributed by atoms with Gasteiger partial charge in [-0.25, -0.2) is 8.42 Å². The van der Waals surface area contributed by atoms with E-state index < -0.39 is 10.0 Å². The first kappa shape index (κ1) is 6.59. The summed E-state index contributed by atoms with van der Waals surface area (Å²) in [5.41, 5.74) is 0. The summed E-state index contributed by atoms with van der Waals surface area (Å²) in [6, 6.07) is -0.125. The van der Waals surface area contributed by atoms with Gasteiger partial charge in [0.15, 0.2) is 0 Å². The first-order chi connectivity index (χ1) is 4.08. The van der Waals surface area contributed by atoms with Crippen LogP contribution >= 0.6 is 0 Å². The molecule has 0 saturated heterocycles. The minimum Gasteiger partial charge on any atom is -0.213 e. The van der Waals surface area contributed by atoms with Gasteiger partial charge in [0.05, 0.1) is 12.3 Å². The zero-order chi connectivity index (χ0) is 6.91. The summed E-state index contributed by atoms with van der Waals surface area (Å²) in [7, 11) is -3.04. The lowest BCUT2D eigenvalue weighted by atomic mass is 10.1. The van der Waals surface area contributed by atoms with E-state index in [-0.39, 0.29) is 6.04 Å². The van der Waals surface area contributed by atoms with E-state index in [2.05, 4.69) is 16.6 Å². The maximum absolute atomic E-state index is 10.5. The van der Waals surface area contributed by atoms with Crippen LogP contribution in [0.5, 0.6) is 0 Å². The highest BCUT2D eigenvalue weighted by Gasteiger charge is 2.13. The molecule has 1 atom stereocenters. The number of sulfonamides is 1. The number of hydrogen-bond donors (Lipinski definition) is 1. The fourth-order valence-electron chi connectivity index (χ4n) is 0.534. The molecule has 0 fully saturated rings. The van der Waals surface area contributed by atoms with Crippen molar-refractivity contribution >= 4 is 10.0 Å². The van der Waals surface area contributed by atoms with Crippen LogP contribution in [0.3, 0.4) is 0 Å². The second kappa shape index (κ2) is 2.01. The summed E-state index contributed by atoms with van der Waals surface area (Å²) in [5.74, 6) is 5.37. The molecule has 0 bridgehead atoms. The molecule has 0 heterocycles. The fraction of sp³-hybridized carbons (Fsp3) is 0.600. The maximum atomic E-state index is 10.5. The Morgan fingerprint density at radius 2 is 2.22 bits per heavy atom. The number of hydrogen-bond acceptors (Lipinski definition) is 2. The van der Waals surface area contributed by atoms with E-state index >= 15 is 0 Å². The highest BCUT2D eigenvalue weighted by Crippen LogP contribution is 1.98. The monoisotopic (exact) mass is 145 g/mol. The first-order valence-corrected chi connectivity index (χ1v) is 4.43. The van der Waals surface area contributed by atoms with E-state index in [1.54, 1.807) is 0 Å². The second-order valence-corrected chi connectivity index (χ2v) is 3.75. The maximum Gasteiger partial charge on any atom is 0.209 e. The smallest absolute Gasteiger partial charge is 0.209 e. The molecule has 0 aromatic rings. The Morgan fingerprint density at radius 3 is 2.33 bits per heavy atom. The average molecular weight is 145 g/mol. The third-order valence-electron chi connectivity index (χ3n) is 0.939. The van der Waals surface area contributed by atoms with Gasteiger partial charge in [-0.2, -0.15) is 4.72 Å². The molecular formula is C5H7NO2S. The van der Waals surface area contributed by atoms with Gasteiger partial charge in [0, 0.05) is 6.42 Å². The first-order valence-electron chi connectivity index (χ1n) is 2.53. The Hall–Kier alpha value is -0.530. The van der Waals surface area contributed by atoms with Crippen molar-refractivity contribution in [1.29, 1.82) is 0 Å². The quantitative estimate of drug-likeness (QED) is 0.523. The third kappa shape index (κ3) is 2.04. The molecule has 0 spiro atoms. The normalized spacial score (nSPS) is 23.9. The van der Waals surface area contributed by atoms with Crippen LogP contribution in [0.25, 0.3) is 0 Å². The van der Waals surface area contributed by atoms with Crippen molar-refractivity contribution in [3.63, 3.8) is 0 Å². The lowest BCUT2D eigenvalue weighted by Gasteiger charge is -2.12. The van der Waals surface area contributed by atoms with Crippen LogP contribution in [0.4, 0.5) is 0 Å².